The van der Waals surface area contributed by atoms with E-state index in [4.69, 9.17) is 4.42 Å². The van der Waals surface area contributed by atoms with Crippen molar-refractivity contribution in [3.8, 4) is 0 Å². The Labute approximate surface area is 160 Å². The van der Waals surface area contributed by atoms with Gasteiger partial charge >= 0.3 is 5.76 Å². The van der Waals surface area contributed by atoms with Crippen molar-refractivity contribution in [2.24, 2.45) is 0 Å². The number of nitrogens with zero attached hydrogens (tertiary/aromatic N) is 2. The van der Waals surface area contributed by atoms with Crippen molar-refractivity contribution in [2.45, 2.75) is 32.7 Å². The molecule has 1 aromatic heterocycles. The number of carbonyl (C=O) groups is 1. The summed E-state index contributed by atoms with van der Waals surface area (Å²) >= 11 is 0. The molecule has 0 N–H and O–H groups in total. The van der Waals surface area contributed by atoms with Crippen molar-refractivity contribution < 1.29 is 18.0 Å². The Bertz CT molecular complexity index is 1120. The number of piperidine rings is 1. The Morgan fingerprint density at radius 3 is 2.54 bits per heavy atom. The molecule has 1 saturated heterocycles. The zero-order chi connectivity index (χ0) is 20.0. The molecule has 3 aromatic rings. The second-order valence-electron chi connectivity index (χ2n) is 7.32. The lowest BCUT2D eigenvalue weighted by Crippen LogP contribution is -2.40. The number of benzene rings is 2. The van der Waals surface area contributed by atoms with Crippen molar-refractivity contribution in [2.75, 3.05) is 13.1 Å². The molecule has 1 aliphatic rings. The Morgan fingerprint density at radius 1 is 1.11 bits per heavy atom. The fraction of sp³-hybridized carbons (Fsp3) is 0.333. The summed E-state index contributed by atoms with van der Waals surface area (Å²) in [7, 11) is 0. The molecular weight excluding hydrogens is 366 g/mol. The number of likely N-dealkylation sites (tertiary alicyclic amines) is 1. The van der Waals surface area contributed by atoms with Crippen LogP contribution in [0.3, 0.4) is 0 Å². The number of carbonyl (C=O) groups excluding carboxylic acids is 1. The minimum Gasteiger partial charge on any atom is -0.407 e. The van der Waals surface area contributed by atoms with E-state index in [1.54, 1.807) is 4.57 Å². The molecule has 7 heteroatoms. The Morgan fingerprint density at radius 2 is 1.82 bits per heavy atom. The van der Waals surface area contributed by atoms with E-state index in [0.29, 0.717) is 31.5 Å². The summed E-state index contributed by atoms with van der Waals surface area (Å²) in [6.07, 6.45) is 1.06. The van der Waals surface area contributed by atoms with E-state index in [-0.39, 0.29) is 11.6 Å². The predicted octanol–water partition coefficient (Wildman–Crippen LogP) is 3.97. The molecule has 0 bridgehead atoms. The number of hydrogen-bond acceptors (Lipinski definition) is 3. The SMILES string of the molecule is Cc1cc(C)c2oc(=O)n(C3CCN(C(=O)c4cc(F)ccc4F)CC3)c2c1. The fourth-order valence-corrected chi connectivity index (χ4v) is 3.98. The van der Waals surface area contributed by atoms with Crippen molar-refractivity contribution in [1.29, 1.82) is 0 Å². The number of oxazole rings is 1. The molecule has 2 heterocycles. The van der Waals surface area contributed by atoms with Gasteiger partial charge < -0.3 is 9.32 Å². The van der Waals surface area contributed by atoms with Gasteiger partial charge in [0.25, 0.3) is 5.91 Å². The Hall–Kier alpha value is -2.96. The largest absolute Gasteiger partial charge is 0.420 e. The maximum absolute atomic E-state index is 13.9. The van der Waals surface area contributed by atoms with Crippen molar-refractivity contribution in [3.63, 3.8) is 0 Å². The molecule has 146 valence electrons. The van der Waals surface area contributed by atoms with Crippen LogP contribution in [-0.4, -0.2) is 28.5 Å². The number of amides is 1. The first-order valence-corrected chi connectivity index (χ1v) is 9.22. The highest BCUT2D eigenvalue weighted by Crippen LogP contribution is 2.28. The maximum atomic E-state index is 13.9. The highest BCUT2D eigenvalue weighted by Gasteiger charge is 2.29. The molecule has 28 heavy (non-hydrogen) atoms. The van der Waals surface area contributed by atoms with E-state index >= 15 is 0 Å². The number of aromatic nitrogens is 1. The van der Waals surface area contributed by atoms with Gasteiger partial charge in [0.2, 0.25) is 0 Å². The summed E-state index contributed by atoms with van der Waals surface area (Å²) in [4.78, 5) is 26.5. The van der Waals surface area contributed by atoms with Gasteiger partial charge in [-0.05, 0) is 62.1 Å². The average Bonchev–Trinajstić information content (AvgIpc) is 2.99. The van der Waals surface area contributed by atoms with Crippen LogP contribution in [0.15, 0.2) is 39.5 Å². The topological polar surface area (TPSA) is 55.5 Å². The molecule has 1 amide bonds. The quantitative estimate of drug-likeness (QED) is 0.670. The van der Waals surface area contributed by atoms with Gasteiger partial charge in [-0.3, -0.25) is 9.36 Å². The lowest BCUT2D eigenvalue weighted by molar-refractivity contribution is 0.0688. The molecule has 5 nitrogen and oxygen atoms in total. The van der Waals surface area contributed by atoms with Gasteiger partial charge in [-0.1, -0.05) is 6.07 Å². The third-order valence-electron chi connectivity index (χ3n) is 5.32. The summed E-state index contributed by atoms with van der Waals surface area (Å²) in [5.74, 6) is -2.34. The Balaban J connectivity index is 1.57. The first-order chi connectivity index (χ1) is 13.3. The Kier molecular flexibility index (Phi) is 4.53. The lowest BCUT2D eigenvalue weighted by Gasteiger charge is -2.32. The summed E-state index contributed by atoms with van der Waals surface area (Å²) < 4.78 is 34.4. The minimum absolute atomic E-state index is 0.114. The standard InChI is InChI=1S/C21H20F2N2O3/c1-12-9-13(2)19-18(10-12)25(21(27)28-19)15-5-7-24(8-6-15)20(26)16-11-14(22)3-4-17(16)23/h3-4,9-11,15H,5-8H2,1-2H3. The normalized spacial score (nSPS) is 15.4. The third-order valence-corrected chi connectivity index (χ3v) is 5.32. The maximum Gasteiger partial charge on any atom is 0.420 e. The zero-order valence-electron chi connectivity index (χ0n) is 15.7. The van der Waals surface area contributed by atoms with Gasteiger partial charge in [-0.2, -0.15) is 0 Å². The van der Waals surface area contributed by atoms with Crippen molar-refractivity contribution >= 4 is 17.0 Å². The fourth-order valence-electron chi connectivity index (χ4n) is 3.98. The van der Waals surface area contributed by atoms with Crippen LogP contribution in [0.1, 0.15) is 40.4 Å². The number of hydrogen-bond donors (Lipinski definition) is 0. The van der Waals surface area contributed by atoms with Crippen LogP contribution in [0, 0.1) is 25.5 Å². The van der Waals surface area contributed by atoms with Gasteiger partial charge in [0.1, 0.15) is 11.6 Å². The first-order valence-electron chi connectivity index (χ1n) is 9.22. The summed E-state index contributed by atoms with van der Waals surface area (Å²) in [6, 6.07) is 6.63. The highest BCUT2D eigenvalue weighted by atomic mass is 19.1. The molecule has 0 unspecified atom stereocenters. The molecule has 0 radical (unpaired) electrons. The van der Waals surface area contributed by atoms with E-state index in [9.17, 15) is 18.4 Å². The van der Waals surface area contributed by atoms with Crippen LogP contribution >= 0.6 is 0 Å². The van der Waals surface area contributed by atoms with E-state index in [1.165, 1.54) is 4.90 Å². The zero-order valence-corrected chi connectivity index (χ0v) is 15.7. The molecule has 0 atom stereocenters. The molecule has 0 aliphatic carbocycles. The average molecular weight is 386 g/mol. The van der Waals surface area contributed by atoms with Crippen LogP contribution < -0.4 is 5.76 Å². The first kappa shape index (κ1) is 18.4. The molecule has 4 rings (SSSR count). The molecule has 2 aromatic carbocycles. The molecule has 1 aliphatic heterocycles. The lowest BCUT2D eigenvalue weighted by atomic mass is 10.0. The third kappa shape index (κ3) is 3.10. The second-order valence-corrected chi connectivity index (χ2v) is 7.32. The second kappa shape index (κ2) is 6.89. The van der Waals surface area contributed by atoms with Crippen LogP contribution in [0.2, 0.25) is 0 Å². The van der Waals surface area contributed by atoms with Crippen LogP contribution in [0.5, 0.6) is 0 Å². The van der Waals surface area contributed by atoms with Crippen LogP contribution in [0.4, 0.5) is 8.78 Å². The van der Waals surface area contributed by atoms with Crippen LogP contribution in [0.25, 0.3) is 11.1 Å². The predicted molar refractivity (Wildman–Crippen MR) is 100 cm³/mol. The van der Waals surface area contributed by atoms with Gasteiger partial charge in [0.05, 0.1) is 11.1 Å². The number of rotatable bonds is 2. The summed E-state index contributed by atoms with van der Waals surface area (Å²) in [5.41, 5.74) is 3.00. The van der Waals surface area contributed by atoms with Crippen molar-refractivity contribution in [1.82, 2.24) is 9.47 Å². The van der Waals surface area contributed by atoms with E-state index in [1.807, 2.05) is 26.0 Å². The number of aryl methyl sites for hydroxylation is 2. The van der Waals surface area contributed by atoms with E-state index < -0.39 is 23.3 Å². The van der Waals surface area contributed by atoms with Gasteiger partial charge in [-0.25, -0.2) is 13.6 Å². The highest BCUT2D eigenvalue weighted by molar-refractivity contribution is 5.94. The minimum atomic E-state index is -0.739. The smallest absolute Gasteiger partial charge is 0.407 e. The van der Waals surface area contributed by atoms with Crippen molar-refractivity contribution in [3.05, 3.63) is 69.2 Å². The molecule has 0 spiro atoms. The number of halogens is 2. The molecular formula is C21H20F2N2O3. The van der Waals surface area contributed by atoms with Crippen LogP contribution in [-0.2, 0) is 0 Å². The van der Waals surface area contributed by atoms with E-state index in [0.717, 1.165) is 34.8 Å². The van der Waals surface area contributed by atoms with Gasteiger partial charge in [0.15, 0.2) is 5.58 Å². The molecule has 0 saturated carbocycles. The molecule has 1 fully saturated rings. The van der Waals surface area contributed by atoms with E-state index in [2.05, 4.69) is 0 Å². The van der Waals surface area contributed by atoms with Gasteiger partial charge in [-0.15, -0.1) is 0 Å². The summed E-state index contributed by atoms with van der Waals surface area (Å²) in [6.45, 7) is 4.56. The summed E-state index contributed by atoms with van der Waals surface area (Å²) in [5, 5.41) is 0. The number of fused-ring (bicyclic) bond motifs is 1. The van der Waals surface area contributed by atoms with Gasteiger partial charge in [0, 0.05) is 19.1 Å². The monoisotopic (exact) mass is 386 g/mol.